The number of hydrogen-bond donors (Lipinski definition) is 0. The molecule has 2 aromatic carbocycles. The summed E-state index contributed by atoms with van der Waals surface area (Å²) in [4.78, 5) is 19.8. The highest BCUT2D eigenvalue weighted by atomic mass is 17.2. The summed E-state index contributed by atoms with van der Waals surface area (Å²) >= 11 is 0. The number of aromatic nitrogens is 2. The first-order valence-electron chi connectivity index (χ1n) is 9.39. The maximum absolute atomic E-state index is 5.44. The number of pyridine rings is 2. The van der Waals surface area contributed by atoms with Gasteiger partial charge in [-0.05, 0) is 42.6 Å². The van der Waals surface area contributed by atoms with Crippen molar-refractivity contribution in [2.24, 2.45) is 0 Å². The van der Waals surface area contributed by atoms with Gasteiger partial charge in [-0.1, -0.05) is 36.4 Å². The molecule has 2 aromatic heterocycles. The zero-order valence-electron chi connectivity index (χ0n) is 16.7. The Bertz CT molecular complexity index is 1140. The molecule has 0 bridgehead atoms. The van der Waals surface area contributed by atoms with Crippen LogP contribution in [0.2, 0.25) is 0 Å². The van der Waals surface area contributed by atoms with Crippen molar-refractivity contribution in [3.63, 3.8) is 0 Å². The van der Waals surface area contributed by atoms with Crippen LogP contribution in [0.1, 0.15) is 17.0 Å². The van der Waals surface area contributed by atoms with E-state index in [0.717, 1.165) is 44.7 Å². The zero-order chi connectivity index (χ0) is 20.2. The van der Waals surface area contributed by atoms with Gasteiger partial charge in [-0.15, -0.1) is 0 Å². The number of fused-ring (bicyclic) bond motifs is 1. The number of hydrogen-bond acceptors (Lipinski definition) is 5. The average molecular weight is 386 g/mol. The topological polar surface area (TPSA) is 53.5 Å². The summed E-state index contributed by atoms with van der Waals surface area (Å²) in [6, 6.07) is 22.1. The van der Waals surface area contributed by atoms with Gasteiger partial charge < -0.3 is 9.62 Å². The number of aryl methyl sites for hydroxylation is 1. The third-order valence-electron chi connectivity index (χ3n) is 4.87. The van der Waals surface area contributed by atoms with Gasteiger partial charge in [0.1, 0.15) is 5.75 Å². The van der Waals surface area contributed by atoms with Crippen LogP contribution in [0.4, 0.5) is 0 Å². The first-order chi connectivity index (χ1) is 14.2. The molecule has 29 heavy (non-hydrogen) atoms. The summed E-state index contributed by atoms with van der Waals surface area (Å²) in [6.07, 6.45) is 0.552. The Labute approximate surface area is 169 Å². The third kappa shape index (κ3) is 3.91. The summed E-state index contributed by atoms with van der Waals surface area (Å²) in [5.41, 5.74) is 4.70. The number of ether oxygens (including phenoxy) is 1. The Balaban J connectivity index is 1.83. The zero-order valence-corrected chi connectivity index (χ0v) is 16.7. The molecule has 0 N–H and O–H groups in total. The summed E-state index contributed by atoms with van der Waals surface area (Å²) in [5, 5.41) is 2.05. The van der Waals surface area contributed by atoms with E-state index >= 15 is 0 Å². The van der Waals surface area contributed by atoms with Gasteiger partial charge in [-0.25, -0.2) is 4.98 Å². The highest BCUT2D eigenvalue weighted by molar-refractivity contribution is 5.90. The van der Waals surface area contributed by atoms with Gasteiger partial charge in [0.2, 0.25) is 0 Å². The van der Waals surface area contributed by atoms with Crippen LogP contribution in [0.15, 0.2) is 66.7 Å². The van der Waals surface area contributed by atoms with Gasteiger partial charge >= 0.3 is 0 Å². The van der Waals surface area contributed by atoms with Gasteiger partial charge in [0.05, 0.1) is 19.9 Å². The van der Waals surface area contributed by atoms with E-state index in [4.69, 9.17) is 19.5 Å². The molecule has 0 saturated carbocycles. The lowest BCUT2D eigenvalue weighted by atomic mass is 10.00. The largest absolute Gasteiger partial charge is 0.497 e. The normalized spacial score (nSPS) is 10.9. The molecule has 0 unspecified atom stereocenters. The summed E-state index contributed by atoms with van der Waals surface area (Å²) < 4.78 is 5.44. The molecule has 0 atom stereocenters. The van der Waals surface area contributed by atoms with Crippen LogP contribution >= 0.6 is 0 Å². The van der Waals surface area contributed by atoms with Crippen molar-refractivity contribution < 1.29 is 14.5 Å². The lowest BCUT2D eigenvalue weighted by molar-refractivity contribution is -0.182. The van der Waals surface area contributed by atoms with Crippen molar-refractivity contribution in [2.75, 3.05) is 14.2 Å². The van der Waals surface area contributed by atoms with Crippen LogP contribution in [0.25, 0.3) is 22.0 Å². The minimum atomic E-state index is 0.442. The maximum atomic E-state index is 5.44. The molecule has 2 heterocycles. The summed E-state index contributed by atoms with van der Waals surface area (Å²) in [5.74, 6) is 1.22. The number of nitrogens with zero attached hydrogens (tertiary/aromatic N) is 2. The molecule has 0 saturated heterocycles. The molecule has 0 fully saturated rings. The smallest absolute Gasteiger partial charge is 0.260 e. The predicted octanol–water partition coefficient (Wildman–Crippen LogP) is 5.14. The van der Waals surface area contributed by atoms with Crippen LogP contribution in [0.5, 0.6) is 11.6 Å². The summed E-state index contributed by atoms with van der Waals surface area (Å²) in [6.45, 7) is 1.95. The molecule has 4 rings (SSSR count). The molecule has 5 nitrogen and oxygen atoms in total. The molecule has 146 valence electrons. The van der Waals surface area contributed by atoms with E-state index in [1.807, 2.05) is 61.5 Å². The predicted molar refractivity (Wildman–Crippen MR) is 113 cm³/mol. The van der Waals surface area contributed by atoms with Crippen LogP contribution < -0.4 is 9.62 Å². The lowest BCUT2D eigenvalue weighted by Crippen LogP contribution is -2.04. The SMILES string of the molecule is COOc1nc(C)c2ccc(OC)cc2c1Cc1cccc(-c2ccccc2)n1. The molecule has 5 heteroatoms. The average Bonchev–Trinajstić information content (AvgIpc) is 2.77. The molecule has 4 aromatic rings. The Kier molecular flexibility index (Phi) is 5.40. The number of rotatable bonds is 6. The second-order valence-electron chi connectivity index (χ2n) is 6.70. The van der Waals surface area contributed by atoms with Gasteiger partial charge in [-0.2, -0.15) is 4.89 Å². The van der Waals surface area contributed by atoms with Crippen LogP contribution in [-0.2, 0) is 11.3 Å². The van der Waals surface area contributed by atoms with Gasteiger partial charge in [0.15, 0.2) is 0 Å². The van der Waals surface area contributed by atoms with E-state index in [9.17, 15) is 0 Å². The van der Waals surface area contributed by atoms with Crippen molar-refractivity contribution >= 4 is 10.8 Å². The first-order valence-corrected chi connectivity index (χ1v) is 9.39. The van der Waals surface area contributed by atoms with Crippen molar-refractivity contribution in [1.29, 1.82) is 0 Å². The van der Waals surface area contributed by atoms with Crippen molar-refractivity contribution in [2.45, 2.75) is 13.3 Å². The molecule has 0 amide bonds. The Hall–Kier alpha value is -3.44. The quantitative estimate of drug-likeness (QED) is 0.339. The van der Waals surface area contributed by atoms with E-state index in [-0.39, 0.29) is 0 Å². The van der Waals surface area contributed by atoms with E-state index in [1.54, 1.807) is 7.11 Å². The van der Waals surface area contributed by atoms with Crippen LogP contribution in [0.3, 0.4) is 0 Å². The fourth-order valence-corrected chi connectivity index (χ4v) is 3.46. The van der Waals surface area contributed by atoms with Crippen LogP contribution in [-0.4, -0.2) is 24.2 Å². The van der Waals surface area contributed by atoms with E-state index in [1.165, 1.54) is 7.11 Å². The fraction of sp³-hybridized carbons (Fsp3) is 0.167. The maximum Gasteiger partial charge on any atom is 0.260 e. The van der Waals surface area contributed by atoms with Crippen LogP contribution in [0, 0.1) is 6.92 Å². The Morgan fingerprint density at radius 3 is 2.41 bits per heavy atom. The summed E-state index contributed by atoms with van der Waals surface area (Å²) in [7, 11) is 3.14. The fourth-order valence-electron chi connectivity index (χ4n) is 3.46. The second-order valence-corrected chi connectivity index (χ2v) is 6.70. The molecule has 0 spiro atoms. The standard InChI is InChI=1S/C24H22N2O3/c1-16-20-13-12-19(27-2)15-21(20)22(24(25-16)29-28-3)14-18-10-7-11-23(26-18)17-8-5-4-6-9-17/h4-13,15H,14H2,1-3H3. The number of methoxy groups -OCH3 is 1. The van der Waals surface area contributed by atoms with Gasteiger partial charge in [0.25, 0.3) is 5.88 Å². The molecule has 0 radical (unpaired) electrons. The molecule has 0 aliphatic heterocycles. The van der Waals surface area contributed by atoms with E-state index in [2.05, 4.69) is 17.1 Å². The molecular weight excluding hydrogens is 364 g/mol. The third-order valence-corrected chi connectivity index (χ3v) is 4.87. The Morgan fingerprint density at radius 2 is 1.66 bits per heavy atom. The molecular formula is C24H22N2O3. The van der Waals surface area contributed by atoms with Gasteiger partial charge in [0, 0.05) is 34.3 Å². The first kappa shape index (κ1) is 18.9. The second kappa shape index (κ2) is 8.29. The van der Waals surface area contributed by atoms with Gasteiger partial charge in [-0.3, -0.25) is 4.98 Å². The van der Waals surface area contributed by atoms with Crippen molar-refractivity contribution in [3.8, 4) is 22.9 Å². The highest BCUT2D eigenvalue weighted by Crippen LogP contribution is 2.33. The Morgan fingerprint density at radius 1 is 0.828 bits per heavy atom. The molecule has 0 aliphatic rings. The minimum absolute atomic E-state index is 0.442. The molecule has 0 aliphatic carbocycles. The van der Waals surface area contributed by atoms with E-state index < -0.39 is 0 Å². The van der Waals surface area contributed by atoms with Crippen molar-refractivity contribution in [3.05, 3.63) is 83.7 Å². The van der Waals surface area contributed by atoms with Crippen molar-refractivity contribution in [1.82, 2.24) is 9.97 Å². The minimum Gasteiger partial charge on any atom is -0.497 e. The lowest BCUT2D eigenvalue weighted by Gasteiger charge is -2.14. The monoisotopic (exact) mass is 386 g/mol. The van der Waals surface area contributed by atoms with E-state index in [0.29, 0.717) is 12.3 Å². The number of benzene rings is 2. The highest BCUT2D eigenvalue weighted by Gasteiger charge is 2.16.